The Labute approximate surface area is 88.0 Å². The molecule has 1 saturated carbocycles. The molecule has 1 amide bonds. The molecule has 2 fully saturated rings. The van der Waals surface area contributed by atoms with Crippen LogP contribution < -0.4 is 0 Å². The number of hydrogen-bond donors (Lipinski definition) is 1. The highest BCUT2D eigenvalue weighted by molar-refractivity contribution is 5.78. The fourth-order valence-corrected chi connectivity index (χ4v) is 2.32. The Bertz CT molecular complexity index is 273. The quantitative estimate of drug-likeness (QED) is 0.749. The number of ether oxygens (including phenoxy) is 1. The molecule has 1 saturated heterocycles. The topological polar surface area (TPSA) is 66.8 Å². The number of rotatable bonds is 2. The average Bonchev–Trinajstić information content (AvgIpc) is 2.70. The Morgan fingerprint density at radius 1 is 1.33 bits per heavy atom. The third kappa shape index (κ3) is 2.06. The van der Waals surface area contributed by atoms with E-state index in [-0.39, 0.29) is 6.04 Å². The summed E-state index contributed by atoms with van der Waals surface area (Å²) in [6.07, 6.45) is 3.33. The molecule has 2 rings (SSSR count). The molecule has 1 aliphatic carbocycles. The third-order valence-corrected chi connectivity index (χ3v) is 3.15. The first-order valence-corrected chi connectivity index (χ1v) is 5.38. The Morgan fingerprint density at radius 3 is 2.53 bits per heavy atom. The summed E-state index contributed by atoms with van der Waals surface area (Å²) in [5, 5.41) is 8.71. The standard InChI is InChI=1S/C10H15NO4/c12-9(13)8-5-6-11(10(14)15-8)7-3-1-2-4-7/h7-8H,1-6H2,(H,12,13). The van der Waals surface area contributed by atoms with Crippen LogP contribution in [0.1, 0.15) is 32.1 Å². The average molecular weight is 213 g/mol. The lowest BCUT2D eigenvalue weighted by atomic mass is 10.1. The normalized spacial score (nSPS) is 27.9. The molecule has 5 heteroatoms. The van der Waals surface area contributed by atoms with Gasteiger partial charge in [-0.05, 0) is 12.8 Å². The molecule has 5 nitrogen and oxygen atoms in total. The van der Waals surface area contributed by atoms with E-state index in [4.69, 9.17) is 9.84 Å². The fourth-order valence-electron chi connectivity index (χ4n) is 2.32. The molecule has 1 heterocycles. The summed E-state index contributed by atoms with van der Waals surface area (Å²) in [5.74, 6) is -1.05. The van der Waals surface area contributed by atoms with Crippen molar-refractivity contribution in [2.45, 2.75) is 44.2 Å². The van der Waals surface area contributed by atoms with Gasteiger partial charge in [-0.25, -0.2) is 9.59 Å². The van der Waals surface area contributed by atoms with E-state index in [1.54, 1.807) is 4.90 Å². The number of nitrogens with zero attached hydrogens (tertiary/aromatic N) is 1. The first-order chi connectivity index (χ1) is 7.18. The van der Waals surface area contributed by atoms with Crippen molar-refractivity contribution in [2.75, 3.05) is 6.54 Å². The predicted octanol–water partition coefficient (Wildman–Crippen LogP) is 1.22. The van der Waals surface area contributed by atoms with Gasteiger partial charge in [-0.15, -0.1) is 0 Å². The highest BCUT2D eigenvalue weighted by Gasteiger charge is 2.36. The maximum absolute atomic E-state index is 11.5. The lowest BCUT2D eigenvalue weighted by Crippen LogP contribution is -2.48. The van der Waals surface area contributed by atoms with Crippen molar-refractivity contribution in [3.63, 3.8) is 0 Å². The van der Waals surface area contributed by atoms with Crippen molar-refractivity contribution in [2.24, 2.45) is 0 Å². The Kier molecular flexibility index (Phi) is 2.79. The van der Waals surface area contributed by atoms with Gasteiger partial charge in [-0.3, -0.25) is 0 Å². The van der Waals surface area contributed by atoms with Crippen molar-refractivity contribution in [1.29, 1.82) is 0 Å². The maximum Gasteiger partial charge on any atom is 0.410 e. The minimum absolute atomic E-state index is 0.271. The van der Waals surface area contributed by atoms with Crippen LogP contribution in [0.25, 0.3) is 0 Å². The van der Waals surface area contributed by atoms with E-state index in [1.165, 1.54) is 0 Å². The fraction of sp³-hybridized carbons (Fsp3) is 0.800. The largest absolute Gasteiger partial charge is 0.479 e. The molecule has 0 aromatic heterocycles. The van der Waals surface area contributed by atoms with Gasteiger partial charge in [0, 0.05) is 19.0 Å². The van der Waals surface area contributed by atoms with Gasteiger partial charge in [0.2, 0.25) is 6.10 Å². The summed E-state index contributed by atoms with van der Waals surface area (Å²) in [4.78, 5) is 23.9. The third-order valence-electron chi connectivity index (χ3n) is 3.15. The molecule has 0 radical (unpaired) electrons. The minimum Gasteiger partial charge on any atom is -0.479 e. The zero-order chi connectivity index (χ0) is 10.8. The van der Waals surface area contributed by atoms with E-state index >= 15 is 0 Å². The van der Waals surface area contributed by atoms with Gasteiger partial charge in [0.1, 0.15) is 0 Å². The first kappa shape index (κ1) is 10.3. The summed E-state index contributed by atoms with van der Waals surface area (Å²) in [5.41, 5.74) is 0. The van der Waals surface area contributed by atoms with E-state index in [1.807, 2.05) is 0 Å². The number of carbonyl (C=O) groups excluding carboxylic acids is 1. The Hall–Kier alpha value is -1.26. The summed E-state index contributed by atoms with van der Waals surface area (Å²) in [6.45, 7) is 0.514. The van der Waals surface area contributed by atoms with E-state index in [0.29, 0.717) is 13.0 Å². The lowest BCUT2D eigenvalue weighted by Gasteiger charge is -2.34. The summed E-state index contributed by atoms with van der Waals surface area (Å²) in [7, 11) is 0. The van der Waals surface area contributed by atoms with Crippen molar-refractivity contribution in [3.8, 4) is 0 Å². The lowest BCUT2D eigenvalue weighted by molar-refractivity contribution is -0.150. The van der Waals surface area contributed by atoms with Gasteiger partial charge < -0.3 is 14.7 Å². The zero-order valence-electron chi connectivity index (χ0n) is 8.52. The molecule has 1 atom stereocenters. The minimum atomic E-state index is -1.05. The monoisotopic (exact) mass is 213 g/mol. The van der Waals surface area contributed by atoms with Crippen molar-refractivity contribution >= 4 is 12.1 Å². The van der Waals surface area contributed by atoms with Crippen molar-refractivity contribution < 1.29 is 19.4 Å². The number of carboxylic acid groups (broad SMARTS) is 1. The highest BCUT2D eigenvalue weighted by atomic mass is 16.6. The van der Waals surface area contributed by atoms with Gasteiger partial charge in [0.05, 0.1) is 0 Å². The second kappa shape index (κ2) is 4.08. The maximum atomic E-state index is 11.5. The highest BCUT2D eigenvalue weighted by Crippen LogP contribution is 2.26. The van der Waals surface area contributed by atoms with Crippen LogP contribution in [0.15, 0.2) is 0 Å². The van der Waals surface area contributed by atoms with Crippen LogP contribution in [-0.4, -0.2) is 40.8 Å². The molecule has 0 spiro atoms. The molecule has 1 aliphatic heterocycles. The molecule has 0 aromatic rings. The van der Waals surface area contributed by atoms with Gasteiger partial charge >= 0.3 is 12.1 Å². The summed E-state index contributed by atoms with van der Waals surface area (Å²) in [6, 6.07) is 0.271. The number of hydrogen-bond acceptors (Lipinski definition) is 3. The van der Waals surface area contributed by atoms with Crippen molar-refractivity contribution in [1.82, 2.24) is 4.90 Å². The van der Waals surface area contributed by atoms with Crippen LogP contribution in [-0.2, 0) is 9.53 Å². The number of carboxylic acids is 1. The van der Waals surface area contributed by atoms with Gasteiger partial charge in [0.15, 0.2) is 0 Å². The van der Waals surface area contributed by atoms with Crippen LogP contribution in [0.3, 0.4) is 0 Å². The number of amides is 1. The van der Waals surface area contributed by atoms with E-state index in [0.717, 1.165) is 25.7 Å². The summed E-state index contributed by atoms with van der Waals surface area (Å²) >= 11 is 0. The summed E-state index contributed by atoms with van der Waals surface area (Å²) < 4.78 is 4.86. The molecule has 84 valence electrons. The second-order valence-corrected chi connectivity index (χ2v) is 4.13. The molecular formula is C10H15NO4. The van der Waals surface area contributed by atoms with E-state index < -0.39 is 18.2 Å². The molecule has 2 aliphatic rings. The van der Waals surface area contributed by atoms with Crippen LogP contribution in [0, 0.1) is 0 Å². The molecular weight excluding hydrogens is 198 g/mol. The van der Waals surface area contributed by atoms with Crippen LogP contribution in [0.4, 0.5) is 4.79 Å². The number of carbonyl (C=O) groups is 2. The van der Waals surface area contributed by atoms with E-state index in [9.17, 15) is 9.59 Å². The van der Waals surface area contributed by atoms with Gasteiger partial charge in [0.25, 0.3) is 0 Å². The molecule has 0 bridgehead atoms. The van der Waals surface area contributed by atoms with Gasteiger partial charge in [-0.2, -0.15) is 0 Å². The number of aliphatic carboxylic acids is 1. The SMILES string of the molecule is O=C(O)C1CCN(C2CCCC2)C(=O)O1. The van der Waals surface area contributed by atoms with Crippen molar-refractivity contribution in [3.05, 3.63) is 0 Å². The second-order valence-electron chi connectivity index (χ2n) is 4.13. The first-order valence-electron chi connectivity index (χ1n) is 5.38. The zero-order valence-corrected chi connectivity index (χ0v) is 8.52. The molecule has 15 heavy (non-hydrogen) atoms. The van der Waals surface area contributed by atoms with Crippen LogP contribution in [0.2, 0.25) is 0 Å². The number of cyclic esters (lactones) is 1. The van der Waals surface area contributed by atoms with E-state index in [2.05, 4.69) is 0 Å². The smallest absolute Gasteiger partial charge is 0.410 e. The van der Waals surface area contributed by atoms with Crippen LogP contribution >= 0.6 is 0 Å². The predicted molar refractivity (Wildman–Crippen MR) is 51.5 cm³/mol. The Balaban J connectivity index is 1.94. The molecule has 0 aromatic carbocycles. The molecule has 1 N–H and O–H groups in total. The Morgan fingerprint density at radius 2 is 2.00 bits per heavy atom. The van der Waals surface area contributed by atoms with Gasteiger partial charge in [-0.1, -0.05) is 12.8 Å². The molecule has 1 unspecified atom stereocenters. The van der Waals surface area contributed by atoms with Crippen LogP contribution in [0.5, 0.6) is 0 Å².